The van der Waals surface area contributed by atoms with Gasteiger partial charge < -0.3 is 35.5 Å². The summed E-state index contributed by atoms with van der Waals surface area (Å²) in [7, 11) is 0. The van der Waals surface area contributed by atoms with Gasteiger partial charge >= 0.3 is 5.97 Å². The molecule has 5 N–H and O–H groups in total. The zero-order chi connectivity index (χ0) is 39.5. The van der Waals surface area contributed by atoms with E-state index in [0.29, 0.717) is 36.3 Å². The number of allylic oxidation sites excluding steroid dienone is 2. The molecule has 2 aliphatic rings. The van der Waals surface area contributed by atoms with Crippen LogP contribution in [0.1, 0.15) is 62.8 Å². The van der Waals surface area contributed by atoms with Crippen molar-refractivity contribution in [1.29, 1.82) is 0 Å². The maximum absolute atomic E-state index is 14.8. The minimum Gasteiger partial charge on any atom is -0.460 e. The average molecular weight is 763 g/mol. The molecule has 0 aromatic carbocycles. The van der Waals surface area contributed by atoms with E-state index in [1.54, 1.807) is 42.1 Å². The molecule has 17 nitrogen and oxygen atoms in total. The lowest BCUT2D eigenvalue weighted by molar-refractivity contribution is -0.159. The summed E-state index contributed by atoms with van der Waals surface area (Å²) in [5.41, 5.74) is 7.23. The van der Waals surface area contributed by atoms with Crippen LogP contribution in [0.15, 0.2) is 65.1 Å². The van der Waals surface area contributed by atoms with E-state index in [9.17, 15) is 28.7 Å². The smallest absolute Gasteiger partial charge is 0.329 e. The molecule has 0 spiro atoms. The number of esters is 1. The van der Waals surface area contributed by atoms with Crippen molar-refractivity contribution in [2.75, 3.05) is 25.4 Å². The second-order valence-electron chi connectivity index (χ2n) is 13.8. The van der Waals surface area contributed by atoms with Crippen LogP contribution < -0.4 is 16.4 Å². The third-order valence-electron chi connectivity index (χ3n) is 9.07. The number of cyclic esters (lactones) is 1. The minimum atomic E-state index is -1.51. The molecule has 294 valence electrons. The number of hydrogen-bond acceptors (Lipinski definition) is 13. The van der Waals surface area contributed by atoms with E-state index in [4.69, 9.17) is 14.9 Å². The minimum absolute atomic E-state index is 0.0113. The fraction of sp³-hybridized carbons (Fsp3) is 0.486. The maximum atomic E-state index is 14.8. The van der Waals surface area contributed by atoms with Gasteiger partial charge in [-0.25, -0.2) is 24.1 Å². The number of anilines is 1. The summed E-state index contributed by atoms with van der Waals surface area (Å²) in [6.07, 6.45) is 8.81. The fourth-order valence-corrected chi connectivity index (χ4v) is 6.40. The highest BCUT2D eigenvalue weighted by Gasteiger charge is 2.39. The van der Waals surface area contributed by atoms with Gasteiger partial charge in [-0.2, -0.15) is 0 Å². The average Bonchev–Trinajstić information content (AvgIpc) is 3.92. The summed E-state index contributed by atoms with van der Waals surface area (Å²) in [5.74, 6) is -2.96. The summed E-state index contributed by atoms with van der Waals surface area (Å²) >= 11 is 0. The molecule has 0 saturated carbocycles. The number of aromatic nitrogens is 6. The molecule has 55 heavy (non-hydrogen) atoms. The maximum Gasteiger partial charge on any atom is 0.329 e. The standard InChI is InChI=1S/C37H47FN10O7/c1-22(2)34-24(17-32(51)41-13-15-47-20-28(45-46-47)27-10-12-42-37(39)44-27)8-9-31(50)40-11-4-6-23(3)16-26(49)18-25(38)19-33-43-29(21-54-33)35(52)48-14-5-7-30(48)36(53)55-34/h4,6,8-10,12,16,20-22,24-26,30,34,49H,5,7,11,13-15,17-19H2,1-3H3,(H,40,50)(H,41,51)(H2,39,42,44)/b6-4+,9-8+,23-16+/t24-,25+,26+,30+,34+/m0/s1. The highest BCUT2D eigenvalue weighted by Crippen LogP contribution is 2.27. The molecule has 0 radical (unpaired) electrons. The molecule has 0 unspecified atom stereocenters. The Kier molecular flexibility index (Phi) is 14.0. The Bertz CT molecular complexity index is 1910. The number of carbonyl (C=O) groups is 4. The SMILES string of the molecule is CC1=C\[C@@H](O)C[C@@H](F)Cc2nc(co2)C(=O)N2CCC[C@@H]2C(=O)O[C@H](C(C)C)[C@H](CC(=O)NCCn2cc(-c3ccnc(N)n3)nn2)/C=C/C(=O)NC\C=C\1. The summed E-state index contributed by atoms with van der Waals surface area (Å²) < 4.78 is 27.9. The van der Waals surface area contributed by atoms with E-state index in [1.165, 1.54) is 23.2 Å². The van der Waals surface area contributed by atoms with Crippen molar-refractivity contribution in [3.63, 3.8) is 0 Å². The summed E-state index contributed by atoms with van der Waals surface area (Å²) in [4.78, 5) is 67.0. The summed E-state index contributed by atoms with van der Waals surface area (Å²) in [6, 6.07) is 0.716. The van der Waals surface area contributed by atoms with Gasteiger partial charge in [0, 0.05) is 44.6 Å². The third kappa shape index (κ3) is 11.6. The van der Waals surface area contributed by atoms with Crippen LogP contribution >= 0.6 is 0 Å². The molecular weight excluding hydrogens is 715 g/mol. The number of rotatable bonds is 7. The van der Waals surface area contributed by atoms with Crippen molar-refractivity contribution in [3.8, 4) is 11.4 Å². The summed E-state index contributed by atoms with van der Waals surface area (Å²) in [5, 5.41) is 24.2. The number of nitrogens with zero attached hydrogens (tertiary/aromatic N) is 7. The van der Waals surface area contributed by atoms with E-state index in [1.807, 2.05) is 13.8 Å². The topological polar surface area (TPSA) is 234 Å². The molecule has 1 saturated heterocycles. The zero-order valence-electron chi connectivity index (χ0n) is 31.0. The molecule has 2 aliphatic heterocycles. The van der Waals surface area contributed by atoms with Crippen LogP contribution in [-0.2, 0) is 32.1 Å². The molecule has 5 rings (SSSR count). The lowest BCUT2D eigenvalue weighted by Crippen LogP contribution is -2.44. The van der Waals surface area contributed by atoms with E-state index in [0.717, 1.165) is 6.26 Å². The Morgan fingerprint density at radius 2 is 2.00 bits per heavy atom. The van der Waals surface area contributed by atoms with E-state index in [2.05, 4.69) is 35.9 Å². The number of fused-ring (bicyclic) bond motifs is 3. The molecule has 3 aromatic rings. The predicted octanol–water partition coefficient (Wildman–Crippen LogP) is 2.12. The molecule has 3 aromatic heterocycles. The number of nitrogens with one attached hydrogen (secondary N) is 2. The van der Waals surface area contributed by atoms with Gasteiger partial charge in [0.15, 0.2) is 11.6 Å². The second kappa shape index (κ2) is 19.0. The van der Waals surface area contributed by atoms with Crippen molar-refractivity contribution in [2.24, 2.45) is 11.8 Å². The first-order chi connectivity index (χ1) is 26.4. The normalized spacial score (nSPS) is 25.3. The number of nitrogens with two attached hydrogens (primary N) is 1. The molecule has 0 aliphatic carbocycles. The number of aliphatic hydroxyl groups excluding tert-OH is 1. The number of aliphatic hydroxyl groups is 1. The van der Waals surface area contributed by atoms with E-state index >= 15 is 0 Å². The van der Waals surface area contributed by atoms with E-state index in [-0.39, 0.29) is 68.3 Å². The van der Waals surface area contributed by atoms with Crippen LogP contribution in [0.4, 0.5) is 10.3 Å². The predicted molar refractivity (Wildman–Crippen MR) is 196 cm³/mol. The first kappa shape index (κ1) is 40.4. The van der Waals surface area contributed by atoms with Gasteiger partial charge in [-0.1, -0.05) is 48.9 Å². The van der Waals surface area contributed by atoms with Gasteiger partial charge in [-0.15, -0.1) is 5.10 Å². The number of amides is 3. The van der Waals surface area contributed by atoms with Crippen molar-refractivity contribution in [1.82, 2.24) is 45.5 Å². The van der Waals surface area contributed by atoms with Crippen molar-refractivity contribution in [2.45, 2.75) is 83.8 Å². The van der Waals surface area contributed by atoms with E-state index < -0.39 is 48.1 Å². The highest BCUT2D eigenvalue weighted by molar-refractivity contribution is 5.95. The van der Waals surface area contributed by atoms with Gasteiger partial charge in [0.1, 0.15) is 30.3 Å². The molecule has 5 heterocycles. The van der Waals surface area contributed by atoms with Gasteiger partial charge in [-0.3, -0.25) is 19.1 Å². The number of oxazole rings is 1. The van der Waals surface area contributed by atoms with Crippen LogP contribution in [0.3, 0.4) is 0 Å². The lowest BCUT2D eigenvalue weighted by Gasteiger charge is -2.30. The molecule has 2 bridgehead atoms. The molecule has 3 amide bonds. The van der Waals surface area contributed by atoms with Crippen LogP contribution in [-0.4, -0.2) is 108 Å². The second-order valence-corrected chi connectivity index (χ2v) is 13.8. The van der Waals surface area contributed by atoms with Crippen molar-refractivity contribution >= 4 is 29.6 Å². The van der Waals surface area contributed by atoms with Crippen LogP contribution in [0.5, 0.6) is 0 Å². The number of halogens is 1. The van der Waals surface area contributed by atoms with Crippen molar-refractivity contribution < 1.29 is 37.8 Å². The van der Waals surface area contributed by atoms with Gasteiger partial charge in [0.05, 0.1) is 31.0 Å². The Labute approximate surface area is 317 Å². The Balaban J connectivity index is 1.32. The number of alkyl halides is 1. The van der Waals surface area contributed by atoms with Crippen LogP contribution in [0, 0.1) is 11.8 Å². The molecule has 18 heteroatoms. The Morgan fingerprint density at radius 3 is 2.78 bits per heavy atom. The fourth-order valence-electron chi connectivity index (χ4n) is 6.40. The van der Waals surface area contributed by atoms with Crippen molar-refractivity contribution in [3.05, 3.63) is 72.3 Å². The highest BCUT2D eigenvalue weighted by atomic mass is 19.1. The number of hydrogen-bond donors (Lipinski definition) is 4. The number of carbonyl (C=O) groups excluding carboxylic acids is 4. The number of ether oxygens (including phenoxy) is 1. The van der Waals surface area contributed by atoms with Gasteiger partial charge in [0.25, 0.3) is 5.91 Å². The quantitative estimate of drug-likeness (QED) is 0.253. The number of nitrogen functional groups attached to an aromatic ring is 1. The zero-order valence-corrected chi connectivity index (χ0v) is 31.0. The largest absolute Gasteiger partial charge is 0.460 e. The van der Waals surface area contributed by atoms with Crippen LogP contribution in [0.25, 0.3) is 11.4 Å². The summed E-state index contributed by atoms with van der Waals surface area (Å²) in [6.45, 7) is 6.30. The monoisotopic (exact) mass is 762 g/mol. The first-order valence-corrected chi connectivity index (χ1v) is 18.2. The molecule has 1 fully saturated rings. The first-order valence-electron chi connectivity index (χ1n) is 18.2. The van der Waals surface area contributed by atoms with Gasteiger partial charge in [0.2, 0.25) is 17.8 Å². The molecular formula is C37H47FN10O7. The third-order valence-corrected chi connectivity index (χ3v) is 9.07. The Morgan fingerprint density at radius 1 is 1.18 bits per heavy atom. The Hall–Kier alpha value is -5.78. The van der Waals surface area contributed by atoms with Gasteiger partial charge in [-0.05, 0) is 37.8 Å². The molecule has 5 atom stereocenters. The lowest BCUT2D eigenvalue weighted by atomic mass is 9.89. The van der Waals surface area contributed by atoms with Crippen LogP contribution in [0.2, 0.25) is 0 Å².